The highest BCUT2D eigenvalue weighted by atomic mass is 35.5. The molecule has 1 saturated heterocycles. The number of sulfone groups is 1. The molecule has 1 fully saturated rings. The molecule has 190 valence electrons. The number of benzene rings is 1. The van der Waals surface area contributed by atoms with Crippen molar-refractivity contribution in [2.24, 2.45) is 4.99 Å². The highest BCUT2D eigenvalue weighted by Crippen LogP contribution is 2.31. The number of amides is 1. The van der Waals surface area contributed by atoms with Crippen LogP contribution in [0.1, 0.15) is 19.3 Å². The standard InChI is InChI=1S/C22H24ClF3N4O4S/c1-35(32,33)17-4-2-15(3-5-17)30-13-18(23)19(10-20(30)31)34-16-6-8-29(9-7-16)21-27-11-14(12-28-21)22(24,25)26/h2-5,11,13,16,19H,6-10,12H2,1H3,(H,27,28). The number of hydrogen-bond acceptors (Lipinski definition) is 7. The summed E-state index contributed by atoms with van der Waals surface area (Å²) in [6.45, 7) is 0.652. The molecular weight excluding hydrogens is 509 g/mol. The molecule has 1 aromatic rings. The molecule has 0 bridgehead atoms. The second kappa shape index (κ2) is 9.82. The molecule has 1 unspecified atom stereocenters. The minimum absolute atomic E-state index is 0.0304. The van der Waals surface area contributed by atoms with E-state index in [4.69, 9.17) is 16.3 Å². The summed E-state index contributed by atoms with van der Waals surface area (Å²) in [6, 6.07) is 5.95. The molecular formula is C22H24ClF3N4O4S. The van der Waals surface area contributed by atoms with Crippen molar-refractivity contribution in [1.29, 1.82) is 0 Å². The van der Waals surface area contributed by atoms with Crippen molar-refractivity contribution < 1.29 is 31.1 Å². The van der Waals surface area contributed by atoms with Gasteiger partial charge in [0.05, 0.1) is 34.6 Å². The molecule has 8 nitrogen and oxygen atoms in total. The third-order valence-corrected chi connectivity index (χ3v) is 7.44. The lowest BCUT2D eigenvalue weighted by Gasteiger charge is -2.37. The average molecular weight is 533 g/mol. The van der Waals surface area contributed by atoms with Gasteiger partial charge >= 0.3 is 6.18 Å². The number of ether oxygens (including phenoxy) is 1. The Balaban J connectivity index is 1.32. The summed E-state index contributed by atoms with van der Waals surface area (Å²) in [5.74, 6) is 0.164. The summed E-state index contributed by atoms with van der Waals surface area (Å²) < 4.78 is 67.6. The largest absolute Gasteiger partial charge is 0.415 e. The lowest BCUT2D eigenvalue weighted by atomic mass is 10.1. The van der Waals surface area contributed by atoms with Gasteiger partial charge in [0.2, 0.25) is 5.91 Å². The van der Waals surface area contributed by atoms with Gasteiger partial charge in [0.15, 0.2) is 15.8 Å². The molecule has 3 aliphatic rings. The van der Waals surface area contributed by atoms with E-state index >= 15 is 0 Å². The summed E-state index contributed by atoms with van der Waals surface area (Å²) >= 11 is 6.43. The van der Waals surface area contributed by atoms with Crippen molar-refractivity contribution in [3.05, 3.63) is 47.3 Å². The number of nitrogens with one attached hydrogen (secondary N) is 1. The first-order valence-electron chi connectivity index (χ1n) is 10.9. The molecule has 13 heteroatoms. The number of piperidine rings is 1. The molecule has 1 N–H and O–H groups in total. The van der Waals surface area contributed by atoms with Crippen molar-refractivity contribution >= 4 is 39.0 Å². The van der Waals surface area contributed by atoms with Gasteiger partial charge < -0.3 is 15.0 Å². The maximum atomic E-state index is 12.8. The Morgan fingerprint density at radius 3 is 2.37 bits per heavy atom. The number of guanidine groups is 1. The number of likely N-dealkylation sites (tertiary alicyclic amines) is 1. The maximum Gasteiger partial charge on any atom is 0.415 e. The molecule has 0 spiro atoms. The van der Waals surface area contributed by atoms with Crippen molar-refractivity contribution in [3.8, 4) is 0 Å². The zero-order valence-corrected chi connectivity index (χ0v) is 20.3. The van der Waals surface area contributed by atoms with Crippen LogP contribution in [0.2, 0.25) is 0 Å². The van der Waals surface area contributed by atoms with Crippen LogP contribution in [0.4, 0.5) is 18.9 Å². The van der Waals surface area contributed by atoms with Crippen molar-refractivity contribution in [1.82, 2.24) is 10.2 Å². The fourth-order valence-electron chi connectivity index (χ4n) is 4.02. The zero-order valence-electron chi connectivity index (χ0n) is 18.8. The summed E-state index contributed by atoms with van der Waals surface area (Å²) in [6.07, 6.45) is -0.407. The van der Waals surface area contributed by atoms with Crippen LogP contribution in [0.5, 0.6) is 0 Å². The number of rotatable bonds is 4. The average Bonchev–Trinajstić information content (AvgIpc) is 2.81. The molecule has 3 aliphatic heterocycles. The molecule has 0 radical (unpaired) electrons. The number of alkyl halides is 3. The van der Waals surface area contributed by atoms with Gasteiger partial charge in [-0.15, -0.1) is 0 Å². The van der Waals surface area contributed by atoms with Gasteiger partial charge in [0.1, 0.15) is 6.10 Å². The van der Waals surface area contributed by atoms with E-state index in [2.05, 4.69) is 10.3 Å². The highest BCUT2D eigenvalue weighted by Gasteiger charge is 2.36. The summed E-state index contributed by atoms with van der Waals surface area (Å²) in [7, 11) is -3.35. The molecule has 1 aromatic carbocycles. The van der Waals surface area contributed by atoms with Gasteiger partial charge in [-0.05, 0) is 37.1 Å². The molecule has 4 rings (SSSR count). The van der Waals surface area contributed by atoms with Crippen LogP contribution < -0.4 is 10.2 Å². The number of aliphatic imine (C=N–C) groups is 1. The molecule has 0 saturated carbocycles. The lowest BCUT2D eigenvalue weighted by Crippen LogP contribution is -2.48. The molecule has 1 amide bonds. The van der Waals surface area contributed by atoms with E-state index in [1.165, 1.54) is 23.2 Å². The third-order valence-electron chi connectivity index (χ3n) is 5.97. The number of hydrogen-bond donors (Lipinski definition) is 1. The fourth-order valence-corrected chi connectivity index (χ4v) is 4.88. The second-order valence-corrected chi connectivity index (χ2v) is 11.0. The van der Waals surface area contributed by atoms with Gasteiger partial charge in [-0.2, -0.15) is 13.2 Å². The van der Waals surface area contributed by atoms with E-state index in [1.54, 1.807) is 12.1 Å². The van der Waals surface area contributed by atoms with Gasteiger partial charge in [0, 0.05) is 37.4 Å². The van der Waals surface area contributed by atoms with E-state index in [9.17, 15) is 26.4 Å². The SMILES string of the molecule is CS(=O)(=O)c1ccc(N2C=C(Cl)C(OC3CCN(C4=NCC(C(F)(F)F)=CN4)CC3)CC2=O)cc1. The van der Waals surface area contributed by atoms with Crippen LogP contribution in [-0.2, 0) is 19.4 Å². The smallest absolute Gasteiger partial charge is 0.369 e. The van der Waals surface area contributed by atoms with Gasteiger partial charge in [-0.25, -0.2) is 13.4 Å². The molecule has 0 aromatic heterocycles. The Morgan fingerprint density at radius 2 is 1.83 bits per heavy atom. The van der Waals surface area contributed by atoms with Gasteiger partial charge in [0.25, 0.3) is 0 Å². The Kier molecular flexibility index (Phi) is 7.16. The number of nitrogens with zero attached hydrogens (tertiary/aromatic N) is 3. The Morgan fingerprint density at radius 1 is 1.17 bits per heavy atom. The zero-order chi connectivity index (χ0) is 25.4. The quantitative estimate of drug-likeness (QED) is 0.640. The van der Waals surface area contributed by atoms with E-state index in [-0.39, 0.29) is 23.3 Å². The fraction of sp³-hybridized carbons (Fsp3) is 0.455. The normalized spacial score (nSPS) is 22.4. The molecule has 1 atom stereocenters. The molecule has 3 heterocycles. The minimum atomic E-state index is -4.40. The molecule has 35 heavy (non-hydrogen) atoms. The Bertz CT molecular complexity index is 1170. The van der Waals surface area contributed by atoms with Crippen LogP contribution in [-0.4, -0.2) is 69.5 Å². The van der Waals surface area contributed by atoms with E-state index in [0.29, 0.717) is 42.6 Å². The maximum absolute atomic E-state index is 12.8. The van der Waals surface area contributed by atoms with Crippen LogP contribution in [0.3, 0.4) is 0 Å². The minimum Gasteiger partial charge on any atom is -0.369 e. The Labute approximate surface area is 206 Å². The number of carbonyl (C=O) groups excluding carboxylic acids is 1. The van der Waals surface area contributed by atoms with Crippen LogP contribution in [0.15, 0.2) is 57.2 Å². The van der Waals surface area contributed by atoms with Crippen molar-refractivity contribution in [2.75, 3.05) is 30.8 Å². The van der Waals surface area contributed by atoms with Crippen LogP contribution >= 0.6 is 11.6 Å². The number of halogens is 4. The summed E-state index contributed by atoms with van der Waals surface area (Å²) in [4.78, 5) is 20.1. The number of carbonyl (C=O) groups is 1. The highest BCUT2D eigenvalue weighted by molar-refractivity contribution is 7.90. The predicted octanol–water partition coefficient (Wildman–Crippen LogP) is 3.16. The van der Waals surface area contributed by atoms with E-state index < -0.39 is 34.2 Å². The first kappa shape index (κ1) is 25.5. The first-order valence-corrected chi connectivity index (χ1v) is 13.2. The van der Waals surface area contributed by atoms with Crippen molar-refractivity contribution in [3.63, 3.8) is 0 Å². The van der Waals surface area contributed by atoms with Gasteiger partial charge in [-0.3, -0.25) is 9.69 Å². The van der Waals surface area contributed by atoms with Gasteiger partial charge in [-0.1, -0.05) is 11.6 Å². The monoisotopic (exact) mass is 532 g/mol. The van der Waals surface area contributed by atoms with E-state index in [1.807, 2.05) is 4.90 Å². The van der Waals surface area contributed by atoms with Crippen molar-refractivity contribution in [2.45, 2.75) is 42.5 Å². The summed E-state index contributed by atoms with van der Waals surface area (Å²) in [5, 5.41) is 2.98. The topological polar surface area (TPSA) is 91.3 Å². The summed E-state index contributed by atoms with van der Waals surface area (Å²) in [5.41, 5.74) is -0.223. The second-order valence-electron chi connectivity index (χ2n) is 8.51. The van der Waals surface area contributed by atoms with Crippen LogP contribution in [0.25, 0.3) is 0 Å². The molecule has 0 aliphatic carbocycles. The predicted molar refractivity (Wildman–Crippen MR) is 125 cm³/mol. The van der Waals surface area contributed by atoms with E-state index in [0.717, 1.165) is 12.5 Å². The van der Waals surface area contributed by atoms with Crippen LogP contribution in [0, 0.1) is 0 Å². The number of anilines is 1. The lowest BCUT2D eigenvalue weighted by molar-refractivity contribution is -0.122. The third kappa shape index (κ3) is 5.99. The first-order chi connectivity index (χ1) is 16.4. The Hall–Kier alpha value is -2.57.